The number of unbranched alkanes of at least 4 members (excludes halogenated alkanes) is 9. The van der Waals surface area contributed by atoms with E-state index in [0.717, 1.165) is 75.3 Å². The number of likely N-dealkylation sites (tertiary alicyclic amines) is 1. The molecule has 7 rings (SSSR count). The molecule has 2 aliphatic carbocycles. The van der Waals surface area contributed by atoms with Crippen LogP contribution in [0, 0.1) is 11.8 Å². The van der Waals surface area contributed by atoms with Crippen molar-refractivity contribution in [2.45, 2.75) is 140 Å². The number of hydrogen-bond acceptors (Lipinski definition) is 7. The minimum absolute atomic E-state index is 0.0359. The zero-order chi connectivity index (χ0) is 45.7. The van der Waals surface area contributed by atoms with Crippen LogP contribution >= 0.6 is 0 Å². The van der Waals surface area contributed by atoms with Gasteiger partial charge in [0.05, 0.1) is 35.6 Å². The molecule has 4 aromatic rings. The summed E-state index contributed by atoms with van der Waals surface area (Å²) in [6.07, 6.45) is 14.7. The van der Waals surface area contributed by atoms with E-state index >= 15 is 0 Å². The number of benzene rings is 3. The van der Waals surface area contributed by atoms with Gasteiger partial charge in [-0.05, 0) is 55.0 Å². The van der Waals surface area contributed by atoms with Crippen LogP contribution < -0.4 is 26.8 Å². The Morgan fingerprint density at radius 3 is 1.83 bits per heavy atom. The predicted molar refractivity (Wildman–Crippen MR) is 252 cm³/mol. The number of carbonyl (C=O) groups excluding carboxylic acids is 5. The maximum atomic E-state index is 14.2. The van der Waals surface area contributed by atoms with E-state index in [9.17, 15) is 28.8 Å². The average Bonchev–Trinajstić information content (AvgIpc) is 4.23. The molecule has 3 aliphatic rings. The number of nitrogens with zero attached hydrogens (tertiary/aromatic N) is 3. The van der Waals surface area contributed by atoms with E-state index < -0.39 is 23.4 Å². The van der Waals surface area contributed by atoms with Crippen LogP contribution in [0.1, 0.15) is 137 Å². The Hall–Kier alpha value is -5.85. The van der Waals surface area contributed by atoms with Gasteiger partial charge in [0, 0.05) is 55.5 Å². The van der Waals surface area contributed by atoms with Crippen molar-refractivity contribution in [2.75, 3.05) is 19.6 Å². The first kappa shape index (κ1) is 47.1. The Balaban J connectivity index is 1.02. The van der Waals surface area contributed by atoms with Gasteiger partial charge >= 0.3 is 0 Å². The SMILES string of the molecule is CCCCCCCCCC(=O)N[C@@H](Cn1cnc2cc(C(=O)N3C[C@@H](C(=O)N[C@H]4C[C@@H]4c4ccccc4)[C@H](C(=O)N[C@H]4C[C@@H]4c4ccccc4)C3)ccc2c1=O)C(=O)NCCCCCC. The molecule has 1 aliphatic heterocycles. The Morgan fingerprint density at radius 2 is 1.25 bits per heavy atom. The van der Waals surface area contributed by atoms with Crippen molar-refractivity contribution in [1.82, 2.24) is 35.7 Å². The molecule has 2 heterocycles. The number of hydrogen-bond donors (Lipinski definition) is 4. The van der Waals surface area contributed by atoms with Gasteiger partial charge < -0.3 is 26.2 Å². The Morgan fingerprint density at radius 1 is 0.692 bits per heavy atom. The van der Waals surface area contributed by atoms with Crippen LogP contribution in [0.25, 0.3) is 10.9 Å². The number of aromatic nitrogens is 2. The van der Waals surface area contributed by atoms with Crippen molar-refractivity contribution in [2.24, 2.45) is 11.8 Å². The van der Waals surface area contributed by atoms with Gasteiger partial charge in [0.25, 0.3) is 11.5 Å². The third kappa shape index (κ3) is 12.7. The molecule has 13 heteroatoms. The van der Waals surface area contributed by atoms with Gasteiger partial charge in [-0.1, -0.05) is 132 Å². The minimum atomic E-state index is -0.977. The summed E-state index contributed by atoms with van der Waals surface area (Å²) in [6.45, 7) is 4.81. The first-order valence-electron chi connectivity index (χ1n) is 24.2. The molecule has 0 radical (unpaired) electrons. The molecule has 4 N–H and O–H groups in total. The van der Waals surface area contributed by atoms with E-state index in [4.69, 9.17) is 0 Å². The van der Waals surface area contributed by atoms with Crippen molar-refractivity contribution < 1.29 is 24.0 Å². The third-order valence-electron chi connectivity index (χ3n) is 13.4. The zero-order valence-electron chi connectivity index (χ0n) is 38.1. The quantitative estimate of drug-likeness (QED) is 0.0564. The Bertz CT molecular complexity index is 2240. The van der Waals surface area contributed by atoms with Gasteiger partial charge in [-0.2, -0.15) is 0 Å². The van der Waals surface area contributed by atoms with Gasteiger partial charge in [0.15, 0.2) is 0 Å². The molecule has 0 unspecified atom stereocenters. The standard InChI is InChI=1S/C52H67N7O6/c1-3-5-7-9-10-11-18-24-47(60)55-46(50(63)53-27-19-8-6-4-2)33-59-34-54-43-28-37(25-26-38(43)52(59)65)51(64)58-31-41(48(61)56-44-29-39(44)35-20-14-12-15-21-35)42(32-58)49(62)57-45-30-40(45)36-22-16-13-17-23-36/h12-17,20-23,25-26,28,34,39-42,44-46H,3-11,18-19,24,27,29-33H2,1-2H3,(H,53,63)(H,55,60)(H,56,61)(H,57,62)/t39-,40-,41-,42-,44+,45+,46+/m1/s1. The maximum Gasteiger partial charge on any atom is 0.261 e. The first-order valence-corrected chi connectivity index (χ1v) is 24.2. The smallest absolute Gasteiger partial charge is 0.261 e. The first-order chi connectivity index (χ1) is 31.6. The summed E-state index contributed by atoms with van der Waals surface area (Å²) in [5.74, 6) is -2.50. The van der Waals surface area contributed by atoms with Crippen molar-refractivity contribution in [3.8, 4) is 0 Å². The van der Waals surface area contributed by atoms with Gasteiger partial charge in [-0.15, -0.1) is 0 Å². The predicted octanol–water partition coefficient (Wildman–Crippen LogP) is 6.75. The van der Waals surface area contributed by atoms with E-state index in [1.807, 2.05) is 36.4 Å². The van der Waals surface area contributed by atoms with Crippen LogP contribution in [0.5, 0.6) is 0 Å². The molecule has 1 saturated heterocycles. The molecule has 346 valence electrons. The van der Waals surface area contributed by atoms with Crippen LogP contribution in [-0.2, 0) is 25.7 Å². The highest BCUT2D eigenvalue weighted by molar-refractivity contribution is 5.99. The highest BCUT2D eigenvalue weighted by Crippen LogP contribution is 2.42. The summed E-state index contributed by atoms with van der Waals surface area (Å²) >= 11 is 0. The largest absolute Gasteiger partial charge is 0.354 e. The normalized spacial score (nSPS) is 21.4. The zero-order valence-corrected chi connectivity index (χ0v) is 38.1. The highest BCUT2D eigenvalue weighted by Gasteiger charge is 2.49. The molecule has 7 atom stereocenters. The fraction of sp³-hybridized carbons (Fsp3) is 0.519. The number of carbonyl (C=O) groups is 5. The van der Waals surface area contributed by atoms with Crippen LogP contribution in [0.4, 0.5) is 0 Å². The molecule has 1 aromatic heterocycles. The summed E-state index contributed by atoms with van der Waals surface area (Å²) in [7, 11) is 0. The summed E-state index contributed by atoms with van der Waals surface area (Å²) in [6, 6.07) is 23.7. The molecule has 2 saturated carbocycles. The van der Waals surface area contributed by atoms with Crippen LogP contribution in [0.3, 0.4) is 0 Å². The molecular weight excluding hydrogens is 819 g/mol. The fourth-order valence-electron chi connectivity index (χ4n) is 9.32. The number of rotatable bonds is 24. The van der Waals surface area contributed by atoms with Gasteiger partial charge in [0.1, 0.15) is 6.04 Å². The number of fused-ring (bicyclic) bond motifs is 1. The number of amides is 5. The molecule has 0 bridgehead atoms. The van der Waals surface area contributed by atoms with E-state index in [1.165, 1.54) is 30.2 Å². The van der Waals surface area contributed by atoms with Crippen LogP contribution in [0.15, 0.2) is 90.0 Å². The lowest BCUT2D eigenvalue weighted by Gasteiger charge is -2.20. The van der Waals surface area contributed by atoms with Crippen LogP contribution in [0.2, 0.25) is 0 Å². The Labute approximate surface area is 382 Å². The molecule has 13 nitrogen and oxygen atoms in total. The second-order valence-electron chi connectivity index (χ2n) is 18.4. The second kappa shape index (κ2) is 22.9. The monoisotopic (exact) mass is 886 g/mol. The molecule has 3 aromatic carbocycles. The molecule has 65 heavy (non-hydrogen) atoms. The van der Waals surface area contributed by atoms with E-state index in [0.29, 0.717) is 18.5 Å². The van der Waals surface area contributed by atoms with Crippen molar-refractivity contribution in [3.63, 3.8) is 0 Å². The van der Waals surface area contributed by atoms with E-state index in [2.05, 4.69) is 64.4 Å². The van der Waals surface area contributed by atoms with Crippen molar-refractivity contribution in [1.29, 1.82) is 0 Å². The summed E-state index contributed by atoms with van der Waals surface area (Å²) in [4.78, 5) is 88.7. The Kier molecular flexibility index (Phi) is 16.6. The summed E-state index contributed by atoms with van der Waals surface area (Å²) in [5.41, 5.74) is 2.48. The molecular formula is C52H67N7O6. The maximum absolute atomic E-state index is 14.2. The van der Waals surface area contributed by atoms with E-state index in [1.54, 1.807) is 23.1 Å². The van der Waals surface area contributed by atoms with Gasteiger partial charge in [0.2, 0.25) is 23.6 Å². The molecule has 3 fully saturated rings. The fourth-order valence-corrected chi connectivity index (χ4v) is 9.32. The second-order valence-corrected chi connectivity index (χ2v) is 18.4. The summed E-state index contributed by atoms with van der Waals surface area (Å²) in [5, 5.41) is 12.4. The lowest BCUT2D eigenvalue weighted by molar-refractivity contribution is -0.133. The van der Waals surface area contributed by atoms with Crippen molar-refractivity contribution >= 4 is 40.4 Å². The lowest BCUT2D eigenvalue weighted by Crippen LogP contribution is -2.50. The summed E-state index contributed by atoms with van der Waals surface area (Å²) < 4.78 is 1.33. The minimum Gasteiger partial charge on any atom is -0.354 e. The van der Waals surface area contributed by atoms with Crippen molar-refractivity contribution in [3.05, 3.63) is 112 Å². The van der Waals surface area contributed by atoms with Crippen LogP contribution in [-0.4, -0.2) is 81.7 Å². The van der Waals surface area contributed by atoms with Gasteiger partial charge in [-0.3, -0.25) is 33.3 Å². The molecule has 5 amide bonds. The third-order valence-corrected chi connectivity index (χ3v) is 13.4. The van der Waals surface area contributed by atoms with E-state index in [-0.39, 0.29) is 84.0 Å². The highest BCUT2D eigenvalue weighted by atomic mass is 16.2. The molecule has 0 spiro atoms. The van der Waals surface area contributed by atoms with Gasteiger partial charge in [-0.25, -0.2) is 4.98 Å². The lowest BCUT2D eigenvalue weighted by atomic mass is 9.94. The number of nitrogens with one attached hydrogen (secondary N) is 4. The topological polar surface area (TPSA) is 172 Å². The average molecular weight is 886 g/mol.